The molecule has 0 aliphatic heterocycles. The first-order valence-corrected chi connectivity index (χ1v) is 13.7. The molecule has 40 heavy (non-hydrogen) atoms. The quantitative estimate of drug-likeness (QED) is 0.243. The van der Waals surface area contributed by atoms with Gasteiger partial charge in [-0.05, 0) is 51.8 Å². The molecule has 2 heterocycles. The normalized spacial score (nSPS) is 11.6. The lowest BCUT2D eigenvalue weighted by Crippen LogP contribution is -2.27. The second-order valence-corrected chi connectivity index (χ2v) is 11.0. The molecule has 0 atom stereocenters. The number of benzene rings is 3. The molecule has 0 saturated heterocycles. The van der Waals surface area contributed by atoms with E-state index in [-0.39, 0.29) is 11.1 Å². The molecule has 0 aliphatic rings. The first kappa shape index (κ1) is 27.1. The zero-order valence-electron chi connectivity index (χ0n) is 23.8. The SMILES string of the molecule is CCCCc1cn(-c2c(OC)cccc2C(C)(C)C)c(=O)n1Cc1ccc(-c2ccccc2-c2nn[nH]n2)cc1. The van der Waals surface area contributed by atoms with Gasteiger partial charge >= 0.3 is 5.69 Å². The third-order valence-electron chi connectivity index (χ3n) is 7.24. The lowest BCUT2D eigenvalue weighted by Gasteiger charge is -2.24. The Hall–Kier alpha value is -4.46. The number of para-hydroxylation sites is 1. The van der Waals surface area contributed by atoms with Gasteiger partial charge in [-0.2, -0.15) is 5.21 Å². The molecular weight excluding hydrogens is 500 g/mol. The number of nitrogens with one attached hydrogen (secondary N) is 1. The lowest BCUT2D eigenvalue weighted by atomic mass is 9.85. The van der Waals surface area contributed by atoms with E-state index in [1.54, 1.807) is 11.7 Å². The number of H-pyrrole nitrogens is 1. The average molecular weight is 537 g/mol. The van der Waals surface area contributed by atoms with Crippen LogP contribution < -0.4 is 10.4 Å². The van der Waals surface area contributed by atoms with Crippen molar-refractivity contribution >= 4 is 0 Å². The Morgan fingerprint density at radius 2 is 1.70 bits per heavy atom. The molecule has 3 aromatic carbocycles. The van der Waals surface area contributed by atoms with E-state index in [1.807, 2.05) is 47.2 Å². The molecular formula is C32H36N6O2. The summed E-state index contributed by atoms with van der Waals surface area (Å²) in [6.45, 7) is 9.12. The largest absolute Gasteiger partial charge is 0.495 e. The van der Waals surface area contributed by atoms with Crippen LogP contribution in [0.1, 0.15) is 57.4 Å². The van der Waals surface area contributed by atoms with Gasteiger partial charge in [0.1, 0.15) is 5.75 Å². The Labute approximate surface area is 234 Å². The maximum Gasteiger partial charge on any atom is 0.333 e. The van der Waals surface area contributed by atoms with Crippen LogP contribution in [-0.2, 0) is 18.4 Å². The summed E-state index contributed by atoms with van der Waals surface area (Å²) < 4.78 is 9.42. The Bertz CT molecular complexity index is 1640. The van der Waals surface area contributed by atoms with Crippen LogP contribution in [0, 0.1) is 0 Å². The van der Waals surface area contributed by atoms with Gasteiger partial charge in [-0.3, -0.25) is 9.13 Å². The number of aromatic amines is 1. The maximum atomic E-state index is 14.0. The van der Waals surface area contributed by atoms with E-state index in [4.69, 9.17) is 4.74 Å². The number of imidazole rings is 1. The molecule has 0 radical (unpaired) electrons. The number of unbranched alkanes of at least 4 members (excludes halogenated alkanes) is 1. The molecule has 0 saturated carbocycles. The summed E-state index contributed by atoms with van der Waals surface area (Å²) in [7, 11) is 1.66. The molecule has 5 rings (SSSR count). The van der Waals surface area contributed by atoms with Crippen LogP contribution >= 0.6 is 0 Å². The highest BCUT2D eigenvalue weighted by Gasteiger charge is 2.25. The minimum absolute atomic E-state index is 0.0624. The van der Waals surface area contributed by atoms with E-state index >= 15 is 0 Å². The van der Waals surface area contributed by atoms with Crippen LogP contribution in [0.3, 0.4) is 0 Å². The third-order valence-corrected chi connectivity index (χ3v) is 7.24. The number of nitrogens with zero attached hydrogens (tertiary/aromatic N) is 5. The molecule has 5 aromatic rings. The zero-order chi connectivity index (χ0) is 28.3. The van der Waals surface area contributed by atoms with E-state index in [9.17, 15) is 4.79 Å². The summed E-state index contributed by atoms with van der Waals surface area (Å²) in [6.07, 6.45) is 4.89. The van der Waals surface area contributed by atoms with Gasteiger partial charge < -0.3 is 4.74 Å². The average Bonchev–Trinajstić information content (AvgIpc) is 3.60. The summed E-state index contributed by atoms with van der Waals surface area (Å²) in [6, 6.07) is 22.3. The van der Waals surface area contributed by atoms with Crippen molar-refractivity contribution in [3.63, 3.8) is 0 Å². The number of rotatable bonds is 9. The number of aromatic nitrogens is 6. The topological polar surface area (TPSA) is 90.6 Å². The number of hydrogen-bond acceptors (Lipinski definition) is 5. The number of tetrazole rings is 1. The minimum atomic E-state index is -0.164. The monoisotopic (exact) mass is 536 g/mol. The van der Waals surface area contributed by atoms with Crippen molar-refractivity contribution in [2.75, 3.05) is 7.11 Å². The molecule has 8 nitrogen and oxygen atoms in total. The molecule has 0 fully saturated rings. The number of ether oxygens (including phenoxy) is 1. The predicted octanol–water partition coefficient (Wildman–Crippen LogP) is 6.18. The second-order valence-electron chi connectivity index (χ2n) is 11.0. The van der Waals surface area contributed by atoms with Crippen LogP contribution in [0.25, 0.3) is 28.2 Å². The minimum Gasteiger partial charge on any atom is -0.495 e. The van der Waals surface area contributed by atoms with Crippen molar-refractivity contribution in [1.29, 1.82) is 0 Å². The van der Waals surface area contributed by atoms with E-state index in [0.717, 1.165) is 58.5 Å². The van der Waals surface area contributed by atoms with Crippen molar-refractivity contribution in [3.05, 3.63) is 100 Å². The van der Waals surface area contributed by atoms with E-state index in [1.165, 1.54) is 0 Å². The van der Waals surface area contributed by atoms with Gasteiger partial charge in [-0.1, -0.05) is 94.8 Å². The molecule has 8 heteroatoms. The van der Waals surface area contributed by atoms with Crippen LogP contribution in [0.5, 0.6) is 5.75 Å². The summed E-state index contributed by atoms with van der Waals surface area (Å²) >= 11 is 0. The predicted molar refractivity (Wildman–Crippen MR) is 158 cm³/mol. The van der Waals surface area contributed by atoms with Crippen LogP contribution in [0.2, 0.25) is 0 Å². The molecule has 0 amide bonds. The maximum absolute atomic E-state index is 14.0. The van der Waals surface area contributed by atoms with Gasteiger partial charge in [0, 0.05) is 17.5 Å². The number of hydrogen-bond donors (Lipinski definition) is 1. The number of methoxy groups -OCH3 is 1. The van der Waals surface area contributed by atoms with E-state index in [0.29, 0.717) is 18.1 Å². The van der Waals surface area contributed by atoms with Gasteiger partial charge in [0.05, 0.1) is 19.3 Å². The van der Waals surface area contributed by atoms with Gasteiger partial charge in [0.15, 0.2) is 0 Å². The second kappa shape index (κ2) is 11.3. The molecule has 206 valence electrons. The van der Waals surface area contributed by atoms with Crippen molar-refractivity contribution < 1.29 is 4.74 Å². The molecule has 2 aromatic heterocycles. The van der Waals surface area contributed by atoms with Gasteiger partial charge in [0.2, 0.25) is 5.82 Å². The molecule has 0 bridgehead atoms. The van der Waals surface area contributed by atoms with Crippen molar-refractivity contribution in [1.82, 2.24) is 29.8 Å². The van der Waals surface area contributed by atoms with Crippen molar-refractivity contribution in [3.8, 4) is 34.0 Å². The Morgan fingerprint density at radius 3 is 2.35 bits per heavy atom. The Balaban J connectivity index is 1.54. The first-order valence-electron chi connectivity index (χ1n) is 13.7. The fourth-order valence-electron chi connectivity index (χ4n) is 5.13. The smallest absolute Gasteiger partial charge is 0.333 e. The third kappa shape index (κ3) is 5.34. The van der Waals surface area contributed by atoms with Crippen molar-refractivity contribution in [2.24, 2.45) is 0 Å². The highest BCUT2D eigenvalue weighted by molar-refractivity contribution is 5.80. The van der Waals surface area contributed by atoms with Crippen molar-refractivity contribution in [2.45, 2.75) is 58.9 Å². The molecule has 0 spiro atoms. The summed E-state index contributed by atoms with van der Waals surface area (Å²) in [5, 5.41) is 14.5. The van der Waals surface area contributed by atoms with Crippen LogP contribution in [-0.4, -0.2) is 36.9 Å². The molecule has 1 N–H and O–H groups in total. The Kier molecular flexibility index (Phi) is 7.69. The summed E-state index contributed by atoms with van der Waals surface area (Å²) in [5.74, 6) is 1.25. The highest BCUT2D eigenvalue weighted by atomic mass is 16.5. The van der Waals surface area contributed by atoms with E-state index in [2.05, 4.69) is 78.7 Å². The summed E-state index contributed by atoms with van der Waals surface area (Å²) in [4.78, 5) is 14.0. The standard InChI is InChI=1S/C32H36N6O2/c1-6-7-11-24-21-38(29-27(32(2,3)4)14-10-15-28(29)40-5)31(39)37(24)20-22-16-18-23(19-17-22)25-12-8-9-13-26(25)30-33-35-36-34-30/h8-10,12-19,21H,6-7,11,20H2,1-5H3,(H,33,34,35,36). The highest BCUT2D eigenvalue weighted by Crippen LogP contribution is 2.35. The van der Waals surface area contributed by atoms with Crippen LogP contribution in [0.15, 0.2) is 77.7 Å². The van der Waals surface area contributed by atoms with Gasteiger partial charge in [-0.25, -0.2) is 4.79 Å². The first-order chi connectivity index (χ1) is 19.3. The summed E-state index contributed by atoms with van der Waals surface area (Å²) in [5.41, 5.74) is 6.70. The fourth-order valence-corrected chi connectivity index (χ4v) is 5.13. The van der Waals surface area contributed by atoms with Gasteiger partial charge in [0.25, 0.3) is 0 Å². The van der Waals surface area contributed by atoms with E-state index < -0.39 is 0 Å². The van der Waals surface area contributed by atoms with Gasteiger partial charge in [-0.15, -0.1) is 10.2 Å². The van der Waals surface area contributed by atoms with Crippen LogP contribution in [0.4, 0.5) is 0 Å². The number of aryl methyl sites for hydroxylation is 1. The zero-order valence-corrected chi connectivity index (χ0v) is 23.8. The molecule has 0 unspecified atom stereocenters. The lowest BCUT2D eigenvalue weighted by molar-refractivity contribution is 0.410. The Morgan fingerprint density at radius 1 is 0.950 bits per heavy atom. The fraction of sp³-hybridized carbons (Fsp3) is 0.312. The molecule has 0 aliphatic carbocycles.